The molecule has 2 rings (SSSR count). The molecule has 0 fully saturated rings. The van der Waals surface area contributed by atoms with Crippen molar-refractivity contribution in [2.75, 3.05) is 7.05 Å². The van der Waals surface area contributed by atoms with Crippen molar-refractivity contribution in [1.29, 1.82) is 0 Å². The highest BCUT2D eigenvalue weighted by atomic mass is 79.9. The SMILES string of the molecule is CNC(c1cc(C)cc(Br)c1)c1cc(F)ccc1C. The van der Waals surface area contributed by atoms with Crippen LogP contribution in [0.1, 0.15) is 28.3 Å². The molecule has 0 aliphatic carbocycles. The lowest BCUT2D eigenvalue weighted by atomic mass is 9.94. The second kappa shape index (κ2) is 5.85. The Morgan fingerprint density at radius 1 is 1.11 bits per heavy atom. The Hall–Kier alpha value is -1.19. The van der Waals surface area contributed by atoms with Crippen molar-refractivity contribution in [1.82, 2.24) is 5.32 Å². The molecule has 0 spiro atoms. The Kier molecular flexibility index (Phi) is 4.38. The molecule has 0 aromatic heterocycles. The maximum Gasteiger partial charge on any atom is 0.123 e. The van der Waals surface area contributed by atoms with Crippen molar-refractivity contribution < 1.29 is 4.39 Å². The van der Waals surface area contributed by atoms with E-state index in [9.17, 15) is 4.39 Å². The van der Waals surface area contributed by atoms with Crippen LogP contribution < -0.4 is 5.32 Å². The lowest BCUT2D eigenvalue weighted by molar-refractivity contribution is 0.615. The number of rotatable bonds is 3. The van der Waals surface area contributed by atoms with Gasteiger partial charge in [-0.25, -0.2) is 4.39 Å². The predicted octanol–water partition coefficient (Wildman–Crippen LogP) is 4.51. The molecule has 1 atom stereocenters. The van der Waals surface area contributed by atoms with E-state index in [1.807, 2.05) is 20.0 Å². The first-order chi connectivity index (χ1) is 9.01. The molecule has 0 saturated carbocycles. The number of aryl methyl sites for hydroxylation is 2. The molecule has 2 aromatic carbocycles. The third-order valence-electron chi connectivity index (χ3n) is 3.24. The maximum atomic E-state index is 13.5. The van der Waals surface area contributed by atoms with E-state index in [-0.39, 0.29) is 11.9 Å². The smallest absolute Gasteiger partial charge is 0.123 e. The van der Waals surface area contributed by atoms with Crippen LogP contribution in [-0.4, -0.2) is 7.05 Å². The average molecular weight is 322 g/mol. The van der Waals surface area contributed by atoms with Gasteiger partial charge in [0, 0.05) is 4.47 Å². The Balaban J connectivity index is 2.52. The van der Waals surface area contributed by atoms with E-state index in [4.69, 9.17) is 0 Å². The zero-order valence-electron chi connectivity index (χ0n) is 11.3. The summed E-state index contributed by atoms with van der Waals surface area (Å²) in [6.45, 7) is 4.06. The van der Waals surface area contributed by atoms with Gasteiger partial charge in [0.05, 0.1) is 6.04 Å². The number of hydrogen-bond donors (Lipinski definition) is 1. The molecule has 3 heteroatoms. The second-order valence-corrected chi connectivity index (χ2v) is 5.70. The topological polar surface area (TPSA) is 12.0 Å². The number of halogens is 2. The highest BCUT2D eigenvalue weighted by Crippen LogP contribution is 2.28. The van der Waals surface area contributed by atoms with E-state index in [0.717, 1.165) is 21.2 Å². The summed E-state index contributed by atoms with van der Waals surface area (Å²) in [6.07, 6.45) is 0. The molecule has 0 radical (unpaired) electrons. The fourth-order valence-corrected chi connectivity index (χ4v) is 2.98. The number of benzene rings is 2. The van der Waals surface area contributed by atoms with Crippen molar-refractivity contribution in [3.05, 3.63) is 68.9 Å². The summed E-state index contributed by atoms with van der Waals surface area (Å²) < 4.78 is 14.5. The third-order valence-corrected chi connectivity index (χ3v) is 3.70. The lowest BCUT2D eigenvalue weighted by Crippen LogP contribution is -2.19. The van der Waals surface area contributed by atoms with Gasteiger partial charge in [-0.1, -0.05) is 28.1 Å². The van der Waals surface area contributed by atoms with Gasteiger partial charge in [0.1, 0.15) is 5.82 Å². The van der Waals surface area contributed by atoms with Crippen LogP contribution in [0.5, 0.6) is 0 Å². The number of hydrogen-bond acceptors (Lipinski definition) is 1. The monoisotopic (exact) mass is 321 g/mol. The second-order valence-electron chi connectivity index (χ2n) is 4.78. The largest absolute Gasteiger partial charge is 0.309 e. The summed E-state index contributed by atoms with van der Waals surface area (Å²) in [5, 5.41) is 3.27. The maximum absolute atomic E-state index is 13.5. The van der Waals surface area contributed by atoms with Crippen LogP contribution in [0, 0.1) is 19.7 Å². The van der Waals surface area contributed by atoms with Gasteiger partial charge in [0.25, 0.3) is 0 Å². The van der Waals surface area contributed by atoms with Crippen molar-refractivity contribution >= 4 is 15.9 Å². The summed E-state index contributed by atoms with van der Waals surface area (Å²) in [4.78, 5) is 0. The Morgan fingerprint density at radius 3 is 2.47 bits per heavy atom. The summed E-state index contributed by atoms with van der Waals surface area (Å²) in [5.41, 5.74) is 4.36. The molecular formula is C16H17BrFN. The molecule has 0 saturated heterocycles. The molecule has 1 N–H and O–H groups in total. The van der Waals surface area contributed by atoms with Gasteiger partial charge < -0.3 is 5.32 Å². The summed E-state index contributed by atoms with van der Waals surface area (Å²) >= 11 is 3.51. The first-order valence-electron chi connectivity index (χ1n) is 6.21. The Labute approximate surface area is 122 Å². The molecule has 0 amide bonds. The first-order valence-corrected chi connectivity index (χ1v) is 7.01. The van der Waals surface area contributed by atoms with Crippen molar-refractivity contribution in [3.63, 3.8) is 0 Å². The molecule has 0 aliphatic rings. The predicted molar refractivity (Wildman–Crippen MR) is 80.9 cm³/mol. The molecule has 19 heavy (non-hydrogen) atoms. The van der Waals surface area contributed by atoms with Crippen molar-refractivity contribution in [2.24, 2.45) is 0 Å². The summed E-state index contributed by atoms with van der Waals surface area (Å²) in [5.74, 6) is -0.201. The highest BCUT2D eigenvalue weighted by molar-refractivity contribution is 9.10. The van der Waals surface area contributed by atoms with E-state index in [0.29, 0.717) is 0 Å². The van der Waals surface area contributed by atoms with Crippen LogP contribution in [0.15, 0.2) is 40.9 Å². The van der Waals surface area contributed by atoms with Crippen LogP contribution in [0.25, 0.3) is 0 Å². The van der Waals surface area contributed by atoms with Gasteiger partial charge in [-0.15, -0.1) is 0 Å². The average Bonchev–Trinajstić information content (AvgIpc) is 2.33. The minimum atomic E-state index is -0.201. The van der Waals surface area contributed by atoms with Crippen LogP contribution in [0.3, 0.4) is 0 Å². The normalized spacial score (nSPS) is 12.5. The Morgan fingerprint density at radius 2 is 1.84 bits per heavy atom. The van der Waals surface area contributed by atoms with Crippen molar-refractivity contribution in [2.45, 2.75) is 19.9 Å². The third kappa shape index (κ3) is 3.23. The highest BCUT2D eigenvalue weighted by Gasteiger charge is 2.15. The summed E-state index contributed by atoms with van der Waals surface area (Å²) in [6, 6.07) is 11.2. The van der Waals surface area contributed by atoms with Gasteiger partial charge in [-0.2, -0.15) is 0 Å². The van der Waals surface area contributed by atoms with Crippen LogP contribution in [0.4, 0.5) is 4.39 Å². The zero-order valence-corrected chi connectivity index (χ0v) is 12.9. The molecule has 0 bridgehead atoms. The molecule has 0 aliphatic heterocycles. The van der Waals surface area contributed by atoms with Gasteiger partial charge in [0.2, 0.25) is 0 Å². The fourth-order valence-electron chi connectivity index (χ4n) is 2.36. The van der Waals surface area contributed by atoms with Gasteiger partial charge in [-0.3, -0.25) is 0 Å². The van der Waals surface area contributed by atoms with Gasteiger partial charge in [0.15, 0.2) is 0 Å². The van der Waals surface area contributed by atoms with Crippen molar-refractivity contribution in [3.8, 4) is 0 Å². The van der Waals surface area contributed by atoms with E-state index in [1.54, 1.807) is 6.07 Å². The van der Waals surface area contributed by atoms with E-state index in [2.05, 4.69) is 46.4 Å². The quantitative estimate of drug-likeness (QED) is 0.876. The minimum absolute atomic E-state index is 0.00750. The van der Waals surface area contributed by atoms with E-state index < -0.39 is 0 Å². The fraction of sp³-hybridized carbons (Fsp3) is 0.250. The molecular weight excluding hydrogens is 305 g/mol. The minimum Gasteiger partial charge on any atom is -0.309 e. The standard InChI is InChI=1S/C16H17BrFN/c1-10-6-12(8-13(17)7-10)16(19-3)15-9-14(18)5-4-11(15)2/h4-9,16,19H,1-3H3. The van der Waals surface area contributed by atoms with Gasteiger partial charge in [-0.05, 0) is 67.4 Å². The van der Waals surface area contributed by atoms with Crippen LogP contribution in [-0.2, 0) is 0 Å². The number of nitrogens with one attached hydrogen (secondary N) is 1. The zero-order chi connectivity index (χ0) is 14.0. The van der Waals surface area contributed by atoms with Gasteiger partial charge >= 0.3 is 0 Å². The summed E-state index contributed by atoms with van der Waals surface area (Å²) in [7, 11) is 1.89. The van der Waals surface area contributed by atoms with Crippen LogP contribution in [0.2, 0.25) is 0 Å². The molecule has 0 heterocycles. The molecule has 1 unspecified atom stereocenters. The Bertz CT molecular complexity index is 575. The first kappa shape index (κ1) is 14.2. The molecule has 100 valence electrons. The molecule has 2 aromatic rings. The van der Waals surface area contributed by atoms with E-state index >= 15 is 0 Å². The molecule has 1 nitrogen and oxygen atoms in total. The van der Waals surface area contributed by atoms with E-state index in [1.165, 1.54) is 11.6 Å². The van der Waals surface area contributed by atoms with Crippen LogP contribution >= 0.6 is 15.9 Å². The lowest BCUT2D eigenvalue weighted by Gasteiger charge is -2.20.